The molecule has 0 radical (unpaired) electrons. The van der Waals surface area contributed by atoms with E-state index in [1.54, 1.807) is 31.2 Å². The highest BCUT2D eigenvalue weighted by Gasteiger charge is 2.10. The lowest BCUT2D eigenvalue weighted by molar-refractivity contribution is -0.121. The number of nitrogens with one attached hydrogen (secondary N) is 2. The van der Waals surface area contributed by atoms with Crippen LogP contribution in [0, 0.1) is 13.8 Å². The van der Waals surface area contributed by atoms with Crippen molar-refractivity contribution in [3.63, 3.8) is 0 Å². The van der Waals surface area contributed by atoms with E-state index < -0.39 is 6.16 Å². The fourth-order valence-electron chi connectivity index (χ4n) is 3.60. The first-order valence-electron chi connectivity index (χ1n) is 12.2. The van der Waals surface area contributed by atoms with Crippen LogP contribution in [0.25, 0.3) is 0 Å². The van der Waals surface area contributed by atoms with Crippen LogP contribution < -0.4 is 20.1 Å². The van der Waals surface area contributed by atoms with Gasteiger partial charge in [-0.3, -0.25) is 9.59 Å². The van der Waals surface area contributed by atoms with Gasteiger partial charge in [-0.2, -0.15) is 0 Å². The van der Waals surface area contributed by atoms with Crippen molar-refractivity contribution in [3.8, 4) is 11.5 Å². The van der Waals surface area contributed by atoms with Gasteiger partial charge in [0.25, 0.3) is 5.91 Å². The summed E-state index contributed by atoms with van der Waals surface area (Å²) < 4.78 is 15.6. The van der Waals surface area contributed by atoms with Gasteiger partial charge < -0.3 is 24.8 Å². The molecule has 8 heteroatoms. The van der Waals surface area contributed by atoms with Crippen molar-refractivity contribution in [3.05, 3.63) is 89.0 Å². The molecule has 0 saturated carbocycles. The molecule has 0 unspecified atom stereocenters. The number of hydrogen-bond donors (Lipinski definition) is 2. The van der Waals surface area contributed by atoms with Crippen LogP contribution >= 0.6 is 0 Å². The minimum absolute atomic E-state index is 0.0651. The van der Waals surface area contributed by atoms with Crippen molar-refractivity contribution < 1.29 is 28.6 Å². The van der Waals surface area contributed by atoms with E-state index in [0.29, 0.717) is 37.2 Å². The summed E-state index contributed by atoms with van der Waals surface area (Å²) in [4.78, 5) is 36.2. The number of carbonyl (C=O) groups is 3. The Morgan fingerprint density at radius 3 is 2.30 bits per heavy atom. The number of aryl methyl sites for hydroxylation is 2. The third-order valence-corrected chi connectivity index (χ3v) is 5.46. The average molecular weight is 505 g/mol. The van der Waals surface area contributed by atoms with Gasteiger partial charge in [0.05, 0.1) is 13.2 Å². The van der Waals surface area contributed by atoms with Crippen molar-refractivity contribution in [1.29, 1.82) is 0 Å². The standard InChI is InChI=1S/C29H32N2O6/c1-4-35-29(34)37-25-15-13-23(14-16-25)28(33)31-24-11-6-10-22(18-24)19-30-26(32)12-7-17-36-27-20(2)8-5-9-21(27)3/h5-6,8-11,13-16,18H,4,7,12,17,19H2,1-3H3,(H,30,32)(H,31,33). The lowest BCUT2D eigenvalue weighted by Crippen LogP contribution is -2.23. The number of amides is 2. The third kappa shape index (κ3) is 8.68. The molecule has 3 rings (SSSR count). The van der Waals surface area contributed by atoms with Crippen molar-refractivity contribution in [1.82, 2.24) is 5.32 Å². The van der Waals surface area contributed by atoms with E-state index in [2.05, 4.69) is 10.6 Å². The molecule has 0 aliphatic rings. The summed E-state index contributed by atoms with van der Waals surface area (Å²) in [5.74, 6) is 0.782. The predicted molar refractivity (Wildman–Crippen MR) is 141 cm³/mol. The SMILES string of the molecule is CCOC(=O)Oc1ccc(C(=O)Nc2cccc(CNC(=O)CCCOc3c(C)cccc3C)c2)cc1. The van der Waals surface area contributed by atoms with E-state index >= 15 is 0 Å². The number of benzene rings is 3. The summed E-state index contributed by atoms with van der Waals surface area (Å²) >= 11 is 0. The second-order valence-corrected chi connectivity index (χ2v) is 8.41. The maximum Gasteiger partial charge on any atom is 0.513 e. The van der Waals surface area contributed by atoms with Gasteiger partial charge in [-0.1, -0.05) is 30.3 Å². The Morgan fingerprint density at radius 1 is 0.892 bits per heavy atom. The van der Waals surface area contributed by atoms with Gasteiger partial charge in [-0.15, -0.1) is 0 Å². The summed E-state index contributed by atoms with van der Waals surface area (Å²) in [6.07, 6.45) is 0.172. The third-order valence-electron chi connectivity index (χ3n) is 5.46. The van der Waals surface area contributed by atoms with E-state index in [9.17, 15) is 14.4 Å². The molecule has 0 atom stereocenters. The molecule has 0 aromatic heterocycles. The fourth-order valence-corrected chi connectivity index (χ4v) is 3.60. The number of rotatable bonds is 11. The van der Waals surface area contributed by atoms with Gasteiger partial charge in [0.1, 0.15) is 11.5 Å². The first kappa shape index (κ1) is 27.3. The van der Waals surface area contributed by atoms with Crippen LogP contribution in [0.15, 0.2) is 66.7 Å². The molecule has 2 N–H and O–H groups in total. The Bertz CT molecular complexity index is 1200. The molecule has 3 aromatic carbocycles. The number of ether oxygens (including phenoxy) is 3. The topological polar surface area (TPSA) is 103 Å². The van der Waals surface area contributed by atoms with Crippen LogP contribution in [0.5, 0.6) is 11.5 Å². The Balaban J connectivity index is 1.43. The summed E-state index contributed by atoms with van der Waals surface area (Å²) in [6, 6.07) is 19.4. The second kappa shape index (κ2) is 13.7. The van der Waals surface area contributed by atoms with Crippen molar-refractivity contribution in [2.75, 3.05) is 18.5 Å². The van der Waals surface area contributed by atoms with Crippen LogP contribution in [0.2, 0.25) is 0 Å². The highest BCUT2D eigenvalue weighted by Crippen LogP contribution is 2.22. The summed E-state index contributed by atoms with van der Waals surface area (Å²) in [7, 11) is 0. The quantitative estimate of drug-likeness (QED) is 0.201. The lowest BCUT2D eigenvalue weighted by atomic mass is 10.1. The highest BCUT2D eigenvalue weighted by molar-refractivity contribution is 6.04. The van der Waals surface area contributed by atoms with Gasteiger partial charge in [0.15, 0.2) is 0 Å². The Kier molecular flexibility index (Phi) is 10.1. The molecular weight excluding hydrogens is 472 g/mol. The van der Waals surface area contributed by atoms with Crippen LogP contribution in [-0.2, 0) is 16.1 Å². The monoisotopic (exact) mass is 504 g/mol. The largest absolute Gasteiger partial charge is 0.513 e. The van der Waals surface area contributed by atoms with Crippen LogP contribution in [-0.4, -0.2) is 31.2 Å². The molecule has 194 valence electrons. The maximum absolute atomic E-state index is 12.6. The first-order chi connectivity index (χ1) is 17.9. The van der Waals surface area contributed by atoms with E-state index in [1.165, 1.54) is 12.1 Å². The molecule has 0 aliphatic carbocycles. The molecule has 0 saturated heterocycles. The molecule has 0 aliphatic heterocycles. The van der Waals surface area contributed by atoms with E-state index in [4.69, 9.17) is 14.2 Å². The number of para-hydroxylation sites is 1. The zero-order valence-corrected chi connectivity index (χ0v) is 21.3. The van der Waals surface area contributed by atoms with E-state index in [0.717, 1.165) is 22.4 Å². The van der Waals surface area contributed by atoms with Crippen LogP contribution in [0.4, 0.5) is 10.5 Å². The molecule has 0 heterocycles. The first-order valence-corrected chi connectivity index (χ1v) is 12.2. The lowest BCUT2D eigenvalue weighted by Gasteiger charge is -2.12. The van der Waals surface area contributed by atoms with Gasteiger partial charge in [-0.25, -0.2) is 4.79 Å². The van der Waals surface area contributed by atoms with Crippen LogP contribution in [0.3, 0.4) is 0 Å². The maximum atomic E-state index is 12.6. The molecule has 0 bridgehead atoms. The zero-order chi connectivity index (χ0) is 26.6. The molecule has 3 aromatic rings. The normalized spacial score (nSPS) is 10.4. The molecule has 0 spiro atoms. The van der Waals surface area contributed by atoms with Gasteiger partial charge in [0, 0.05) is 24.2 Å². The summed E-state index contributed by atoms with van der Waals surface area (Å²) in [6.45, 7) is 6.72. The Morgan fingerprint density at radius 2 is 1.59 bits per heavy atom. The second-order valence-electron chi connectivity index (χ2n) is 8.41. The van der Waals surface area contributed by atoms with Gasteiger partial charge in [-0.05, 0) is 80.3 Å². The van der Waals surface area contributed by atoms with E-state index in [1.807, 2.05) is 44.2 Å². The molecular formula is C29H32N2O6. The van der Waals surface area contributed by atoms with Crippen molar-refractivity contribution in [2.45, 2.75) is 40.2 Å². The van der Waals surface area contributed by atoms with Gasteiger partial charge >= 0.3 is 6.16 Å². The highest BCUT2D eigenvalue weighted by atomic mass is 16.7. The number of carbonyl (C=O) groups excluding carboxylic acids is 3. The number of hydrogen-bond acceptors (Lipinski definition) is 6. The van der Waals surface area contributed by atoms with Crippen LogP contribution in [0.1, 0.15) is 46.8 Å². The predicted octanol–water partition coefficient (Wildman–Crippen LogP) is 5.57. The zero-order valence-electron chi connectivity index (χ0n) is 21.3. The number of anilines is 1. The van der Waals surface area contributed by atoms with Gasteiger partial charge in [0.2, 0.25) is 5.91 Å². The minimum atomic E-state index is -0.797. The summed E-state index contributed by atoms with van der Waals surface area (Å²) in [5.41, 5.74) is 4.02. The molecule has 2 amide bonds. The van der Waals surface area contributed by atoms with E-state index in [-0.39, 0.29) is 24.2 Å². The Labute approximate surface area is 216 Å². The summed E-state index contributed by atoms with van der Waals surface area (Å²) in [5, 5.41) is 5.74. The fraction of sp³-hybridized carbons (Fsp3) is 0.276. The van der Waals surface area contributed by atoms with Crippen molar-refractivity contribution >= 4 is 23.7 Å². The molecule has 0 fully saturated rings. The smallest absolute Gasteiger partial charge is 0.493 e. The molecule has 8 nitrogen and oxygen atoms in total. The van der Waals surface area contributed by atoms with Crippen molar-refractivity contribution in [2.24, 2.45) is 0 Å². The molecule has 37 heavy (non-hydrogen) atoms. The Hall–Kier alpha value is -4.33. The minimum Gasteiger partial charge on any atom is -0.493 e. The average Bonchev–Trinajstić information content (AvgIpc) is 2.87.